The first-order valence-corrected chi connectivity index (χ1v) is 8.27. The number of esters is 1. The van der Waals surface area contributed by atoms with E-state index >= 15 is 0 Å². The summed E-state index contributed by atoms with van der Waals surface area (Å²) in [5, 5.41) is 1.45. The van der Waals surface area contributed by atoms with Crippen LogP contribution in [0.2, 0.25) is 5.02 Å². The molecule has 3 rings (SSSR count). The molecule has 0 spiro atoms. The van der Waals surface area contributed by atoms with Gasteiger partial charge in [0.25, 0.3) is 0 Å². The smallest absolute Gasteiger partial charge is 0.339 e. The fraction of sp³-hybridized carbons (Fsp3) is 0.200. The van der Waals surface area contributed by atoms with Gasteiger partial charge < -0.3 is 4.74 Å². The van der Waals surface area contributed by atoms with Gasteiger partial charge in [0.1, 0.15) is 6.61 Å². The minimum atomic E-state index is -0.333. The standard InChI is InChI=1S/C20H18ClNO2/c1-3-17-13(2)19(16-9-4-5-10-18(16)22-17)20(23)24-12-14-7-6-8-15(21)11-14/h4-11H,3,12H2,1-2H3. The van der Waals surface area contributed by atoms with Crippen molar-refractivity contribution in [3.63, 3.8) is 0 Å². The van der Waals surface area contributed by atoms with Crippen molar-refractivity contribution in [2.75, 3.05) is 0 Å². The monoisotopic (exact) mass is 339 g/mol. The van der Waals surface area contributed by atoms with Gasteiger partial charge >= 0.3 is 5.97 Å². The van der Waals surface area contributed by atoms with Gasteiger partial charge in [0.15, 0.2) is 0 Å². The van der Waals surface area contributed by atoms with Gasteiger partial charge in [0.2, 0.25) is 0 Å². The average Bonchev–Trinajstić information content (AvgIpc) is 2.59. The number of aromatic nitrogens is 1. The van der Waals surface area contributed by atoms with Gasteiger partial charge in [-0.25, -0.2) is 4.79 Å². The molecule has 1 heterocycles. The van der Waals surface area contributed by atoms with E-state index < -0.39 is 0 Å². The molecule has 4 heteroatoms. The molecular formula is C20H18ClNO2. The number of carbonyl (C=O) groups excluding carboxylic acids is 1. The number of hydrogen-bond donors (Lipinski definition) is 0. The molecule has 0 aliphatic carbocycles. The van der Waals surface area contributed by atoms with Crippen molar-refractivity contribution in [2.24, 2.45) is 0 Å². The van der Waals surface area contributed by atoms with E-state index in [0.29, 0.717) is 10.6 Å². The number of ether oxygens (including phenoxy) is 1. The summed E-state index contributed by atoms with van der Waals surface area (Å²) in [7, 11) is 0. The van der Waals surface area contributed by atoms with Gasteiger partial charge in [0.05, 0.1) is 11.1 Å². The van der Waals surface area contributed by atoms with Crippen molar-refractivity contribution >= 4 is 28.5 Å². The summed E-state index contributed by atoms with van der Waals surface area (Å²) >= 11 is 5.97. The van der Waals surface area contributed by atoms with Gasteiger partial charge in [-0.2, -0.15) is 0 Å². The molecule has 0 saturated heterocycles. The lowest BCUT2D eigenvalue weighted by Crippen LogP contribution is -2.11. The van der Waals surface area contributed by atoms with Crippen molar-refractivity contribution in [1.29, 1.82) is 0 Å². The molecular weight excluding hydrogens is 322 g/mol. The van der Waals surface area contributed by atoms with Gasteiger partial charge in [-0.05, 0) is 42.7 Å². The van der Waals surface area contributed by atoms with E-state index in [1.54, 1.807) is 12.1 Å². The van der Waals surface area contributed by atoms with Crippen LogP contribution in [0, 0.1) is 6.92 Å². The molecule has 1 aromatic heterocycles. The molecule has 3 nitrogen and oxygen atoms in total. The lowest BCUT2D eigenvalue weighted by molar-refractivity contribution is 0.0474. The summed E-state index contributed by atoms with van der Waals surface area (Å²) in [5.41, 5.74) is 4.08. The average molecular weight is 340 g/mol. The second-order valence-electron chi connectivity index (χ2n) is 5.64. The highest BCUT2D eigenvalue weighted by atomic mass is 35.5. The van der Waals surface area contributed by atoms with Crippen LogP contribution in [0.15, 0.2) is 48.5 Å². The van der Waals surface area contributed by atoms with Crippen molar-refractivity contribution in [3.05, 3.63) is 75.9 Å². The second kappa shape index (κ2) is 7.02. The Balaban J connectivity index is 1.95. The molecule has 0 fully saturated rings. The fourth-order valence-electron chi connectivity index (χ4n) is 2.81. The van der Waals surface area contributed by atoms with Crippen LogP contribution in [0.4, 0.5) is 0 Å². The molecule has 0 N–H and O–H groups in total. The maximum absolute atomic E-state index is 12.7. The summed E-state index contributed by atoms with van der Waals surface area (Å²) in [5.74, 6) is -0.333. The van der Waals surface area contributed by atoms with Crippen LogP contribution in [0.25, 0.3) is 10.9 Å². The first kappa shape index (κ1) is 16.5. The number of carbonyl (C=O) groups is 1. The molecule has 0 unspecified atom stereocenters. The minimum absolute atomic E-state index is 0.191. The van der Waals surface area contributed by atoms with Crippen LogP contribution in [-0.2, 0) is 17.8 Å². The number of nitrogens with zero attached hydrogens (tertiary/aromatic N) is 1. The van der Waals surface area contributed by atoms with Gasteiger partial charge in [-0.15, -0.1) is 0 Å². The van der Waals surface area contributed by atoms with Crippen molar-refractivity contribution in [1.82, 2.24) is 4.98 Å². The summed E-state index contributed by atoms with van der Waals surface area (Å²) in [4.78, 5) is 17.4. The molecule has 24 heavy (non-hydrogen) atoms. The normalized spacial score (nSPS) is 10.8. The van der Waals surface area contributed by atoms with Crippen LogP contribution in [0.5, 0.6) is 0 Å². The van der Waals surface area contributed by atoms with Gasteiger partial charge in [-0.1, -0.05) is 48.9 Å². The Bertz CT molecular complexity index is 905. The largest absolute Gasteiger partial charge is 0.457 e. The highest BCUT2D eigenvalue weighted by molar-refractivity contribution is 6.30. The Morgan fingerprint density at radius 3 is 2.71 bits per heavy atom. The Kier molecular flexibility index (Phi) is 4.81. The van der Waals surface area contributed by atoms with Crippen molar-refractivity contribution in [3.8, 4) is 0 Å². The maximum Gasteiger partial charge on any atom is 0.339 e. The lowest BCUT2D eigenvalue weighted by Gasteiger charge is -2.13. The molecule has 0 saturated carbocycles. The SMILES string of the molecule is CCc1nc2ccccc2c(C(=O)OCc2cccc(Cl)c2)c1C. The van der Waals surface area contributed by atoms with E-state index in [2.05, 4.69) is 4.98 Å². The van der Waals surface area contributed by atoms with Crippen LogP contribution in [0.1, 0.15) is 34.1 Å². The van der Waals surface area contributed by atoms with Crippen LogP contribution in [-0.4, -0.2) is 11.0 Å². The van der Waals surface area contributed by atoms with E-state index in [0.717, 1.165) is 34.1 Å². The van der Waals surface area contributed by atoms with Gasteiger partial charge in [-0.3, -0.25) is 4.98 Å². The molecule has 0 aliphatic heterocycles. The first-order valence-electron chi connectivity index (χ1n) is 7.90. The molecule has 2 aromatic carbocycles. The van der Waals surface area contributed by atoms with Crippen LogP contribution in [0.3, 0.4) is 0 Å². The quantitative estimate of drug-likeness (QED) is 0.619. The van der Waals surface area contributed by atoms with Crippen LogP contribution < -0.4 is 0 Å². The zero-order valence-corrected chi connectivity index (χ0v) is 14.4. The number of rotatable bonds is 4. The Labute approximate surface area is 146 Å². The number of para-hydroxylation sites is 1. The number of aryl methyl sites for hydroxylation is 1. The third-order valence-corrected chi connectivity index (χ3v) is 4.27. The highest BCUT2D eigenvalue weighted by Crippen LogP contribution is 2.25. The number of halogens is 1. The molecule has 0 aliphatic rings. The minimum Gasteiger partial charge on any atom is -0.457 e. The van der Waals surface area contributed by atoms with E-state index in [9.17, 15) is 4.79 Å². The zero-order valence-electron chi connectivity index (χ0n) is 13.7. The molecule has 0 bridgehead atoms. The molecule has 0 radical (unpaired) electrons. The van der Waals surface area contributed by atoms with E-state index in [4.69, 9.17) is 16.3 Å². The number of fused-ring (bicyclic) bond motifs is 1. The lowest BCUT2D eigenvalue weighted by atomic mass is 10.0. The predicted molar refractivity (Wildman–Crippen MR) is 96.4 cm³/mol. The zero-order chi connectivity index (χ0) is 17.1. The highest BCUT2D eigenvalue weighted by Gasteiger charge is 2.18. The van der Waals surface area contributed by atoms with Crippen LogP contribution >= 0.6 is 11.6 Å². The third-order valence-electron chi connectivity index (χ3n) is 4.03. The maximum atomic E-state index is 12.7. The molecule has 3 aromatic rings. The van der Waals surface area contributed by atoms with Crippen molar-refractivity contribution in [2.45, 2.75) is 26.9 Å². The summed E-state index contributed by atoms with van der Waals surface area (Å²) in [6.45, 7) is 4.15. The molecule has 0 atom stereocenters. The third kappa shape index (κ3) is 3.26. The Morgan fingerprint density at radius 2 is 1.96 bits per heavy atom. The Hall–Kier alpha value is -2.39. The number of benzene rings is 2. The summed E-state index contributed by atoms with van der Waals surface area (Å²) in [6.07, 6.45) is 0.769. The number of hydrogen-bond acceptors (Lipinski definition) is 3. The molecule has 122 valence electrons. The van der Waals surface area contributed by atoms with Gasteiger partial charge in [0, 0.05) is 16.1 Å². The van der Waals surface area contributed by atoms with E-state index in [1.807, 2.05) is 50.2 Å². The molecule has 0 amide bonds. The summed E-state index contributed by atoms with van der Waals surface area (Å²) < 4.78 is 5.53. The number of pyridine rings is 1. The first-order chi connectivity index (χ1) is 11.6. The van der Waals surface area contributed by atoms with E-state index in [1.165, 1.54) is 0 Å². The topological polar surface area (TPSA) is 39.2 Å². The second-order valence-corrected chi connectivity index (χ2v) is 6.07. The predicted octanol–water partition coefficient (Wildman–Crippen LogP) is 5.12. The fourth-order valence-corrected chi connectivity index (χ4v) is 3.03. The Morgan fingerprint density at radius 1 is 1.17 bits per heavy atom. The van der Waals surface area contributed by atoms with E-state index in [-0.39, 0.29) is 12.6 Å². The summed E-state index contributed by atoms with van der Waals surface area (Å²) in [6, 6.07) is 15.0. The van der Waals surface area contributed by atoms with Crippen molar-refractivity contribution < 1.29 is 9.53 Å².